The summed E-state index contributed by atoms with van der Waals surface area (Å²) < 4.78 is 1.10. The molecule has 2 rings (SSSR count). The van der Waals surface area contributed by atoms with Gasteiger partial charge in [-0.25, -0.2) is 0 Å². The number of carbonyl (C=O) groups is 1. The van der Waals surface area contributed by atoms with Crippen molar-refractivity contribution in [3.63, 3.8) is 0 Å². The third kappa shape index (κ3) is 3.33. The number of nitrogens with zero attached hydrogens (tertiary/aromatic N) is 1. The lowest BCUT2D eigenvalue weighted by molar-refractivity contribution is -0.139. The van der Waals surface area contributed by atoms with E-state index < -0.39 is 5.97 Å². The van der Waals surface area contributed by atoms with Crippen LogP contribution in [0.25, 0.3) is 0 Å². The molecule has 1 unspecified atom stereocenters. The molecular weight excluding hydrogens is 314 g/mol. The summed E-state index contributed by atoms with van der Waals surface area (Å²) in [6.07, 6.45) is 4.71. The van der Waals surface area contributed by atoms with Crippen LogP contribution in [0.3, 0.4) is 0 Å². The molecule has 1 saturated carbocycles. The SMILES string of the molecule is CC(c1ccc(Br)s1)N(CC(=O)O)C1CCCC1. The minimum Gasteiger partial charge on any atom is -0.480 e. The molecule has 1 heterocycles. The summed E-state index contributed by atoms with van der Waals surface area (Å²) in [5.74, 6) is -0.732. The van der Waals surface area contributed by atoms with Gasteiger partial charge >= 0.3 is 5.97 Å². The first kappa shape index (κ1) is 14.0. The highest BCUT2D eigenvalue weighted by atomic mass is 79.9. The molecule has 0 aliphatic heterocycles. The number of aliphatic carboxylic acids is 1. The topological polar surface area (TPSA) is 40.5 Å². The number of hydrogen-bond acceptors (Lipinski definition) is 3. The van der Waals surface area contributed by atoms with E-state index >= 15 is 0 Å². The first-order valence-electron chi connectivity index (χ1n) is 6.30. The fourth-order valence-electron chi connectivity index (χ4n) is 2.69. The summed E-state index contributed by atoms with van der Waals surface area (Å²) in [7, 11) is 0. The lowest BCUT2D eigenvalue weighted by Crippen LogP contribution is -2.39. The molecule has 100 valence electrons. The molecule has 1 aromatic rings. The Bertz CT molecular complexity index is 415. The van der Waals surface area contributed by atoms with Gasteiger partial charge < -0.3 is 5.11 Å². The van der Waals surface area contributed by atoms with E-state index in [-0.39, 0.29) is 12.6 Å². The molecule has 18 heavy (non-hydrogen) atoms. The number of hydrogen-bond donors (Lipinski definition) is 1. The highest BCUT2D eigenvalue weighted by Gasteiger charge is 2.29. The van der Waals surface area contributed by atoms with E-state index in [2.05, 4.69) is 33.8 Å². The fraction of sp³-hybridized carbons (Fsp3) is 0.615. The lowest BCUT2D eigenvalue weighted by Gasteiger charge is -2.32. The van der Waals surface area contributed by atoms with Gasteiger partial charge in [-0.1, -0.05) is 12.8 Å². The first-order valence-corrected chi connectivity index (χ1v) is 7.91. The van der Waals surface area contributed by atoms with Crippen LogP contribution in [0.5, 0.6) is 0 Å². The predicted octanol–water partition coefficient (Wildman–Crippen LogP) is 3.90. The molecule has 1 aliphatic rings. The molecular formula is C13H18BrNO2S. The molecule has 1 aliphatic carbocycles. The molecule has 0 amide bonds. The van der Waals surface area contributed by atoms with Crippen LogP contribution in [-0.4, -0.2) is 28.6 Å². The zero-order valence-electron chi connectivity index (χ0n) is 10.4. The van der Waals surface area contributed by atoms with Crippen LogP contribution in [0.1, 0.15) is 43.5 Å². The summed E-state index contributed by atoms with van der Waals surface area (Å²) in [6, 6.07) is 4.73. The van der Waals surface area contributed by atoms with Crippen molar-refractivity contribution in [3.05, 3.63) is 20.8 Å². The smallest absolute Gasteiger partial charge is 0.317 e. The standard InChI is InChI=1S/C13H18BrNO2S/c1-9(11-6-7-12(14)18-11)15(8-13(16)17)10-4-2-3-5-10/h6-7,9-10H,2-5,8H2,1H3,(H,16,17). The van der Waals surface area contributed by atoms with Crippen molar-refractivity contribution < 1.29 is 9.90 Å². The van der Waals surface area contributed by atoms with Crippen LogP contribution in [-0.2, 0) is 4.79 Å². The number of carboxylic acids is 1. The number of rotatable bonds is 5. The van der Waals surface area contributed by atoms with Gasteiger partial charge in [0.25, 0.3) is 0 Å². The summed E-state index contributed by atoms with van der Waals surface area (Å²) in [5.41, 5.74) is 0. The van der Waals surface area contributed by atoms with Gasteiger partial charge in [-0.15, -0.1) is 11.3 Å². The Kier molecular flexibility index (Phi) is 4.81. The molecule has 3 nitrogen and oxygen atoms in total. The van der Waals surface area contributed by atoms with Crippen molar-refractivity contribution in [3.8, 4) is 0 Å². The molecule has 1 aromatic heterocycles. The van der Waals surface area contributed by atoms with E-state index in [4.69, 9.17) is 5.11 Å². The summed E-state index contributed by atoms with van der Waals surface area (Å²) >= 11 is 5.16. The normalized spacial score (nSPS) is 18.4. The van der Waals surface area contributed by atoms with E-state index in [0.717, 1.165) is 16.6 Å². The average molecular weight is 332 g/mol. The summed E-state index contributed by atoms with van der Waals surface area (Å²) in [4.78, 5) is 14.4. The summed E-state index contributed by atoms with van der Waals surface area (Å²) in [5, 5.41) is 9.10. The second-order valence-corrected chi connectivity index (χ2v) is 7.32. The van der Waals surface area contributed by atoms with Gasteiger partial charge in [0.1, 0.15) is 0 Å². The zero-order chi connectivity index (χ0) is 13.1. The summed E-state index contributed by atoms with van der Waals surface area (Å²) in [6.45, 7) is 2.25. The monoisotopic (exact) mass is 331 g/mol. The second kappa shape index (κ2) is 6.17. The third-order valence-electron chi connectivity index (χ3n) is 3.61. The van der Waals surface area contributed by atoms with Crippen molar-refractivity contribution in [2.24, 2.45) is 0 Å². The number of thiophene rings is 1. The minimum absolute atomic E-state index is 0.140. The van der Waals surface area contributed by atoms with E-state index in [1.807, 2.05) is 6.07 Å². The number of halogens is 1. The third-order valence-corrected chi connectivity index (χ3v) is 5.41. The minimum atomic E-state index is -0.732. The van der Waals surface area contributed by atoms with E-state index in [0.29, 0.717) is 6.04 Å². The van der Waals surface area contributed by atoms with Crippen molar-refractivity contribution in [1.82, 2.24) is 4.90 Å². The van der Waals surface area contributed by atoms with Crippen LogP contribution < -0.4 is 0 Å². The van der Waals surface area contributed by atoms with Crippen LogP contribution in [0.15, 0.2) is 15.9 Å². The Morgan fingerprint density at radius 1 is 1.56 bits per heavy atom. The van der Waals surface area contributed by atoms with Gasteiger partial charge in [-0.2, -0.15) is 0 Å². The Morgan fingerprint density at radius 3 is 2.72 bits per heavy atom. The van der Waals surface area contributed by atoms with Gasteiger partial charge in [0.05, 0.1) is 10.3 Å². The van der Waals surface area contributed by atoms with Gasteiger partial charge in [-0.05, 0) is 47.8 Å². The maximum absolute atomic E-state index is 11.1. The van der Waals surface area contributed by atoms with E-state index in [9.17, 15) is 4.79 Å². The molecule has 1 atom stereocenters. The Morgan fingerprint density at radius 2 is 2.22 bits per heavy atom. The Balaban J connectivity index is 2.14. The van der Waals surface area contributed by atoms with Crippen LogP contribution in [0, 0.1) is 0 Å². The zero-order valence-corrected chi connectivity index (χ0v) is 12.8. The average Bonchev–Trinajstić information content (AvgIpc) is 2.95. The maximum Gasteiger partial charge on any atom is 0.317 e. The lowest BCUT2D eigenvalue weighted by atomic mass is 10.1. The molecule has 1 N–H and O–H groups in total. The maximum atomic E-state index is 11.1. The van der Waals surface area contributed by atoms with Gasteiger partial charge in [0.15, 0.2) is 0 Å². The van der Waals surface area contributed by atoms with Gasteiger partial charge in [0, 0.05) is 17.0 Å². The molecule has 0 bridgehead atoms. The van der Waals surface area contributed by atoms with Crippen LogP contribution >= 0.6 is 27.3 Å². The molecule has 0 spiro atoms. The van der Waals surface area contributed by atoms with Crippen molar-refractivity contribution in [2.75, 3.05) is 6.54 Å². The van der Waals surface area contributed by atoms with Crippen molar-refractivity contribution >= 4 is 33.2 Å². The predicted molar refractivity (Wildman–Crippen MR) is 77.0 cm³/mol. The van der Waals surface area contributed by atoms with Crippen LogP contribution in [0.4, 0.5) is 0 Å². The molecule has 0 saturated heterocycles. The second-order valence-electron chi connectivity index (χ2n) is 4.82. The van der Waals surface area contributed by atoms with E-state index in [1.54, 1.807) is 11.3 Å². The highest BCUT2D eigenvalue weighted by molar-refractivity contribution is 9.11. The largest absolute Gasteiger partial charge is 0.480 e. The molecule has 5 heteroatoms. The molecule has 0 aromatic carbocycles. The van der Waals surface area contributed by atoms with Gasteiger partial charge in [-0.3, -0.25) is 9.69 Å². The quantitative estimate of drug-likeness (QED) is 0.889. The molecule has 0 radical (unpaired) electrons. The van der Waals surface area contributed by atoms with Crippen LogP contribution in [0.2, 0.25) is 0 Å². The molecule has 1 fully saturated rings. The Labute approximate surface area is 120 Å². The highest BCUT2D eigenvalue weighted by Crippen LogP contribution is 2.35. The van der Waals surface area contributed by atoms with Crippen molar-refractivity contribution in [1.29, 1.82) is 0 Å². The fourth-order valence-corrected chi connectivity index (χ4v) is 4.19. The van der Waals surface area contributed by atoms with E-state index in [1.165, 1.54) is 17.7 Å². The van der Waals surface area contributed by atoms with Gasteiger partial charge in [0.2, 0.25) is 0 Å². The Hall–Kier alpha value is -0.390. The number of carboxylic acid groups (broad SMARTS) is 1. The first-order chi connectivity index (χ1) is 8.58. The van der Waals surface area contributed by atoms with Crippen molar-refractivity contribution in [2.45, 2.75) is 44.7 Å².